The number of aliphatic hydroxyl groups excluding tert-OH is 1. The normalized spacial score (nSPS) is 25.1. The van der Waals surface area contributed by atoms with Gasteiger partial charge in [-0.25, -0.2) is 0 Å². The van der Waals surface area contributed by atoms with E-state index in [2.05, 4.69) is 17.6 Å². The Morgan fingerprint density at radius 1 is 1.39 bits per heavy atom. The van der Waals surface area contributed by atoms with Crippen LogP contribution in [0.2, 0.25) is 0 Å². The second-order valence-corrected chi connectivity index (χ2v) is 4.73. The summed E-state index contributed by atoms with van der Waals surface area (Å²) in [5.41, 5.74) is 1.23. The molecule has 2 aliphatic rings. The molecule has 2 atom stereocenters. The van der Waals surface area contributed by atoms with E-state index in [1.165, 1.54) is 25.9 Å². The van der Waals surface area contributed by atoms with Crippen LogP contribution in [0, 0.1) is 5.92 Å². The van der Waals surface area contributed by atoms with Crippen LogP contribution < -0.4 is 10.6 Å². The maximum absolute atomic E-state index is 11.0. The fourth-order valence-corrected chi connectivity index (χ4v) is 2.28. The Balaban J connectivity index is 0.000000149. The van der Waals surface area contributed by atoms with Crippen LogP contribution in [0.4, 0.5) is 0 Å². The number of amides is 1. The summed E-state index contributed by atoms with van der Waals surface area (Å²) in [7, 11) is 0. The van der Waals surface area contributed by atoms with Crippen LogP contribution in [0.5, 0.6) is 0 Å². The molecule has 0 spiro atoms. The standard InChI is InChI=1S/C8H7NO2.C6H13N/c10-7-5-3-1-2-4-6(5)8(11)9-7;1-2-6-3-4-7-5-6/h1-4,7,10H,(H,9,11);6-7H,2-5H2,1H3. The van der Waals surface area contributed by atoms with Crippen LogP contribution in [0.15, 0.2) is 24.3 Å². The van der Waals surface area contributed by atoms with Crippen molar-refractivity contribution >= 4 is 5.91 Å². The van der Waals surface area contributed by atoms with Crippen molar-refractivity contribution in [2.45, 2.75) is 26.0 Å². The molecule has 0 saturated carbocycles. The van der Waals surface area contributed by atoms with Crippen molar-refractivity contribution in [3.8, 4) is 0 Å². The van der Waals surface area contributed by atoms with E-state index in [0.717, 1.165) is 5.92 Å². The van der Waals surface area contributed by atoms with Crippen LogP contribution >= 0.6 is 0 Å². The quantitative estimate of drug-likeness (QED) is 0.704. The Kier molecular flexibility index (Phi) is 4.33. The number of hydrogen-bond acceptors (Lipinski definition) is 3. The van der Waals surface area contributed by atoms with Gasteiger partial charge < -0.3 is 15.7 Å². The third kappa shape index (κ3) is 2.89. The van der Waals surface area contributed by atoms with Crippen LogP contribution in [-0.2, 0) is 0 Å². The highest BCUT2D eigenvalue weighted by Crippen LogP contribution is 2.21. The van der Waals surface area contributed by atoms with Crippen molar-refractivity contribution in [2.24, 2.45) is 5.92 Å². The monoisotopic (exact) mass is 248 g/mol. The largest absolute Gasteiger partial charge is 0.369 e. The molecule has 3 rings (SSSR count). The Hall–Kier alpha value is -1.39. The molecule has 4 nitrogen and oxygen atoms in total. The summed E-state index contributed by atoms with van der Waals surface area (Å²) in [6.45, 7) is 4.77. The molecule has 98 valence electrons. The number of hydrogen-bond donors (Lipinski definition) is 3. The fourth-order valence-electron chi connectivity index (χ4n) is 2.28. The number of carbonyl (C=O) groups is 1. The van der Waals surface area contributed by atoms with Crippen molar-refractivity contribution in [3.63, 3.8) is 0 Å². The van der Waals surface area contributed by atoms with E-state index in [1.54, 1.807) is 24.3 Å². The molecule has 2 unspecified atom stereocenters. The smallest absolute Gasteiger partial charge is 0.253 e. The molecule has 2 heterocycles. The van der Waals surface area contributed by atoms with Gasteiger partial charge in [-0.2, -0.15) is 0 Å². The molecule has 1 aromatic rings. The van der Waals surface area contributed by atoms with Gasteiger partial charge in [0, 0.05) is 11.1 Å². The lowest BCUT2D eigenvalue weighted by molar-refractivity contribution is 0.0850. The SMILES string of the molecule is CCC1CCNC1.O=C1NC(O)c2ccccc21. The Labute approximate surface area is 107 Å². The molecule has 4 heteroatoms. The summed E-state index contributed by atoms with van der Waals surface area (Å²) in [6.07, 6.45) is 1.93. The van der Waals surface area contributed by atoms with E-state index in [4.69, 9.17) is 0 Å². The Bertz CT molecular complexity index is 414. The molecule has 2 aliphatic heterocycles. The van der Waals surface area contributed by atoms with Crippen molar-refractivity contribution < 1.29 is 9.90 Å². The lowest BCUT2D eigenvalue weighted by Gasteiger charge is -1.99. The van der Waals surface area contributed by atoms with Gasteiger partial charge in [0.15, 0.2) is 6.23 Å². The summed E-state index contributed by atoms with van der Waals surface area (Å²) >= 11 is 0. The van der Waals surface area contributed by atoms with E-state index >= 15 is 0 Å². The molecular weight excluding hydrogens is 228 g/mol. The first-order valence-electron chi connectivity index (χ1n) is 6.51. The molecule has 0 aliphatic carbocycles. The zero-order valence-corrected chi connectivity index (χ0v) is 10.6. The number of aliphatic hydroxyl groups is 1. The Morgan fingerprint density at radius 3 is 2.72 bits per heavy atom. The van der Waals surface area contributed by atoms with E-state index in [9.17, 15) is 9.90 Å². The highest BCUT2D eigenvalue weighted by molar-refractivity contribution is 5.98. The van der Waals surface area contributed by atoms with Crippen LogP contribution in [-0.4, -0.2) is 24.1 Å². The predicted molar refractivity (Wildman–Crippen MR) is 70.1 cm³/mol. The highest BCUT2D eigenvalue weighted by Gasteiger charge is 2.25. The van der Waals surface area contributed by atoms with Gasteiger partial charge in [-0.1, -0.05) is 31.5 Å². The van der Waals surface area contributed by atoms with Gasteiger partial charge in [0.1, 0.15) is 0 Å². The minimum Gasteiger partial charge on any atom is -0.369 e. The molecule has 0 aromatic heterocycles. The van der Waals surface area contributed by atoms with Crippen molar-refractivity contribution in [3.05, 3.63) is 35.4 Å². The van der Waals surface area contributed by atoms with Gasteiger partial charge in [-0.15, -0.1) is 0 Å². The highest BCUT2D eigenvalue weighted by atomic mass is 16.3. The average Bonchev–Trinajstić information content (AvgIpc) is 3.00. The summed E-state index contributed by atoms with van der Waals surface area (Å²) in [4.78, 5) is 11.0. The van der Waals surface area contributed by atoms with E-state index in [0.29, 0.717) is 11.1 Å². The molecular formula is C14H20N2O2. The maximum Gasteiger partial charge on any atom is 0.253 e. The first kappa shape index (κ1) is 13.1. The van der Waals surface area contributed by atoms with E-state index in [-0.39, 0.29) is 5.91 Å². The number of nitrogens with one attached hydrogen (secondary N) is 2. The molecule has 1 saturated heterocycles. The summed E-state index contributed by atoms with van der Waals surface area (Å²) in [5, 5.41) is 14.9. The molecule has 0 radical (unpaired) electrons. The van der Waals surface area contributed by atoms with Gasteiger partial charge >= 0.3 is 0 Å². The first-order valence-corrected chi connectivity index (χ1v) is 6.51. The number of rotatable bonds is 1. The van der Waals surface area contributed by atoms with Crippen LogP contribution in [0.1, 0.15) is 41.9 Å². The van der Waals surface area contributed by atoms with E-state index in [1.807, 2.05) is 0 Å². The third-order valence-corrected chi connectivity index (χ3v) is 3.51. The van der Waals surface area contributed by atoms with Crippen LogP contribution in [0.3, 0.4) is 0 Å². The number of fused-ring (bicyclic) bond motifs is 1. The summed E-state index contributed by atoms with van der Waals surface area (Å²) in [5.74, 6) is 0.785. The second kappa shape index (κ2) is 5.98. The minimum absolute atomic E-state index is 0.201. The fraction of sp³-hybridized carbons (Fsp3) is 0.500. The van der Waals surface area contributed by atoms with Crippen molar-refractivity contribution in [1.29, 1.82) is 0 Å². The molecule has 3 N–H and O–H groups in total. The number of carbonyl (C=O) groups excluding carboxylic acids is 1. The van der Waals surface area contributed by atoms with Gasteiger partial charge in [-0.05, 0) is 31.5 Å². The predicted octanol–water partition coefficient (Wildman–Crippen LogP) is 1.43. The molecule has 18 heavy (non-hydrogen) atoms. The molecule has 1 amide bonds. The van der Waals surface area contributed by atoms with Gasteiger partial charge in [0.05, 0.1) is 0 Å². The van der Waals surface area contributed by atoms with Gasteiger partial charge in [0.25, 0.3) is 5.91 Å². The van der Waals surface area contributed by atoms with Crippen LogP contribution in [0.25, 0.3) is 0 Å². The van der Waals surface area contributed by atoms with Gasteiger partial charge in [0.2, 0.25) is 0 Å². The maximum atomic E-state index is 11.0. The number of benzene rings is 1. The minimum atomic E-state index is -0.821. The third-order valence-electron chi connectivity index (χ3n) is 3.51. The topological polar surface area (TPSA) is 61.4 Å². The molecule has 1 fully saturated rings. The van der Waals surface area contributed by atoms with E-state index < -0.39 is 6.23 Å². The van der Waals surface area contributed by atoms with Crippen molar-refractivity contribution in [2.75, 3.05) is 13.1 Å². The summed E-state index contributed by atoms with van der Waals surface area (Å²) in [6, 6.07) is 7.00. The van der Waals surface area contributed by atoms with Gasteiger partial charge in [-0.3, -0.25) is 4.79 Å². The zero-order chi connectivity index (χ0) is 13.0. The zero-order valence-electron chi connectivity index (χ0n) is 10.6. The molecule has 0 bridgehead atoms. The lowest BCUT2D eigenvalue weighted by Crippen LogP contribution is -2.17. The first-order chi connectivity index (χ1) is 8.72. The lowest BCUT2D eigenvalue weighted by atomic mass is 10.1. The van der Waals surface area contributed by atoms with Crippen molar-refractivity contribution in [1.82, 2.24) is 10.6 Å². The second-order valence-electron chi connectivity index (χ2n) is 4.73. The summed E-state index contributed by atoms with van der Waals surface area (Å²) < 4.78 is 0. The molecule has 1 aromatic carbocycles. The Morgan fingerprint density at radius 2 is 2.17 bits per heavy atom. The average molecular weight is 248 g/mol.